The van der Waals surface area contributed by atoms with Crippen molar-refractivity contribution in [2.24, 2.45) is 5.92 Å². The molecule has 1 atom stereocenters. The quantitative estimate of drug-likeness (QED) is 0.770. The first-order valence-electron chi connectivity index (χ1n) is 5.77. The van der Waals surface area contributed by atoms with E-state index in [1.807, 2.05) is 0 Å². The molecule has 0 spiro atoms. The van der Waals surface area contributed by atoms with Gasteiger partial charge in [0.05, 0.1) is 12.7 Å². The summed E-state index contributed by atoms with van der Waals surface area (Å²) in [6, 6.07) is 0. The second-order valence-electron chi connectivity index (χ2n) is 4.44. The molecule has 0 aromatic carbocycles. The van der Waals surface area contributed by atoms with Crippen molar-refractivity contribution in [1.29, 1.82) is 0 Å². The molecule has 1 saturated heterocycles. The molecule has 2 nitrogen and oxygen atoms in total. The monoisotopic (exact) mass is 219 g/mol. The molecule has 1 aliphatic heterocycles. The third-order valence-electron chi connectivity index (χ3n) is 3.33. The molecule has 3 heteroatoms. The number of morpholine rings is 1. The number of nitrogens with one attached hydrogen (secondary N) is 1. The van der Waals surface area contributed by atoms with Crippen molar-refractivity contribution < 1.29 is 4.74 Å². The number of hydrogen-bond acceptors (Lipinski definition) is 2. The van der Waals surface area contributed by atoms with Crippen LogP contribution in [0.25, 0.3) is 0 Å². The Balaban J connectivity index is 0.000000980. The molecule has 0 amide bonds. The van der Waals surface area contributed by atoms with Crippen molar-refractivity contribution in [3.8, 4) is 0 Å². The minimum Gasteiger partial charge on any atom is -0.376 e. The summed E-state index contributed by atoms with van der Waals surface area (Å²) in [4.78, 5) is 0. The van der Waals surface area contributed by atoms with Gasteiger partial charge in [-0.1, -0.05) is 32.1 Å². The predicted molar refractivity (Wildman–Crippen MR) is 61.0 cm³/mol. The maximum atomic E-state index is 5.72. The number of ether oxygens (including phenoxy) is 1. The number of halogens is 1. The normalized spacial score (nSPS) is 29.6. The molecule has 0 bridgehead atoms. The van der Waals surface area contributed by atoms with E-state index in [1.165, 1.54) is 38.5 Å². The Hall–Kier alpha value is 0.210. The highest BCUT2D eigenvalue weighted by Crippen LogP contribution is 2.28. The highest BCUT2D eigenvalue weighted by Gasteiger charge is 2.20. The zero-order valence-electron chi connectivity index (χ0n) is 8.84. The molecule has 0 aromatic rings. The smallest absolute Gasteiger partial charge is 0.0702 e. The molecule has 2 aliphatic rings. The van der Waals surface area contributed by atoms with E-state index in [1.54, 1.807) is 0 Å². The lowest BCUT2D eigenvalue weighted by Crippen LogP contribution is -2.39. The minimum absolute atomic E-state index is 0. The Bertz CT molecular complexity index is 126. The van der Waals surface area contributed by atoms with Crippen molar-refractivity contribution in [3.63, 3.8) is 0 Å². The Morgan fingerprint density at radius 3 is 2.57 bits per heavy atom. The molecular formula is C11H22ClNO. The second kappa shape index (κ2) is 6.65. The van der Waals surface area contributed by atoms with E-state index in [-0.39, 0.29) is 12.4 Å². The molecule has 0 radical (unpaired) electrons. The number of rotatable bonds is 2. The second-order valence-corrected chi connectivity index (χ2v) is 4.44. The van der Waals surface area contributed by atoms with Crippen molar-refractivity contribution in [2.75, 3.05) is 19.7 Å². The van der Waals surface area contributed by atoms with Crippen LogP contribution in [0.5, 0.6) is 0 Å². The van der Waals surface area contributed by atoms with Gasteiger partial charge in [-0.2, -0.15) is 0 Å². The van der Waals surface area contributed by atoms with Gasteiger partial charge in [-0.15, -0.1) is 12.4 Å². The fraction of sp³-hybridized carbons (Fsp3) is 1.00. The van der Waals surface area contributed by atoms with Crippen LogP contribution in [-0.4, -0.2) is 25.8 Å². The Morgan fingerprint density at radius 2 is 1.93 bits per heavy atom. The van der Waals surface area contributed by atoms with Gasteiger partial charge in [0.2, 0.25) is 0 Å². The summed E-state index contributed by atoms with van der Waals surface area (Å²) in [6.07, 6.45) is 9.06. The molecular weight excluding hydrogens is 198 g/mol. The van der Waals surface area contributed by atoms with E-state index in [9.17, 15) is 0 Å². The third-order valence-corrected chi connectivity index (χ3v) is 3.33. The first-order valence-corrected chi connectivity index (χ1v) is 5.77. The van der Waals surface area contributed by atoms with E-state index in [0.717, 1.165) is 25.6 Å². The molecule has 14 heavy (non-hydrogen) atoms. The summed E-state index contributed by atoms with van der Waals surface area (Å²) in [5.41, 5.74) is 0. The van der Waals surface area contributed by atoms with Gasteiger partial charge in [0, 0.05) is 13.1 Å². The van der Waals surface area contributed by atoms with E-state index >= 15 is 0 Å². The fourth-order valence-corrected chi connectivity index (χ4v) is 2.57. The van der Waals surface area contributed by atoms with Gasteiger partial charge < -0.3 is 10.1 Å². The molecule has 2 fully saturated rings. The summed E-state index contributed by atoms with van der Waals surface area (Å²) >= 11 is 0. The van der Waals surface area contributed by atoms with E-state index < -0.39 is 0 Å². The molecule has 2 rings (SSSR count). The van der Waals surface area contributed by atoms with E-state index in [0.29, 0.717) is 6.10 Å². The van der Waals surface area contributed by atoms with Gasteiger partial charge in [-0.25, -0.2) is 0 Å². The van der Waals surface area contributed by atoms with Crippen molar-refractivity contribution in [3.05, 3.63) is 0 Å². The molecule has 1 heterocycles. The van der Waals surface area contributed by atoms with Gasteiger partial charge in [-0.05, 0) is 12.3 Å². The van der Waals surface area contributed by atoms with Crippen molar-refractivity contribution >= 4 is 12.4 Å². The molecule has 0 aromatic heterocycles. The lowest BCUT2D eigenvalue weighted by Gasteiger charge is -2.29. The van der Waals surface area contributed by atoms with Crippen LogP contribution in [0.15, 0.2) is 0 Å². The first-order chi connectivity index (χ1) is 6.45. The Kier molecular flexibility index (Phi) is 5.83. The van der Waals surface area contributed by atoms with Crippen LogP contribution in [0.1, 0.15) is 38.5 Å². The summed E-state index contributed by atoms with van der Waals surface area (Å²) < 4.78 is 5.72. The maximum absolute atomic E-state index is 5.72. The van der Waals surface area contributed by atoms with Crippen LogP contribution in [0, 0.1) is 5.92 Å². The van der Waals surface area contributed by atoms with Crippen LogP contribution in [0.4, 0.5) is 0 Å². The average molecular weight is 220 g/mol. The highest BCUT2D eigenvalue weighted by molar-refractivity contribution is 5.85. The first kappa shape index (κ1) is 12.3. The molecule has 1 aliphatic carbocycles. The van der Waals surface area contributed by atoms with Crippen molar-refractivity contribution in [2.45, 2.75) is 44.6 Å². The predicted octanol–water partition coefficient (Wildman–Crippen LogP) is 2.37. The Morgan fingerprint density at radius 1 is 1.14 bits per heavy atom. The highest BCUT2D eigenvalue weighted by atomic mass is 35.5. The topological polar surface area (TPSA) is 21.3 Å². The Labute approximate surface area is 93.2 Å². The fourth-order valence-electron chi connectivity index (χ4n) is 2.57. The molecule has 1 saturated carbocycles. The van der Waals surface area contributed by atoms with E-state index in [2.05, 4.69) is 5.32 Å². The van der Waals surface area contributed by atoms with Crippen LogP contribution in [0.2, 0.25) is 0 Å². The standard InChI is InChI=1S/C11H21NO.ClH/c1-2-4-10(5-3-1)8-11-9-12-6-7-13-11;/h10-12H,1-9H2;1H. The zero-order chi connectivity index (χ0) is 8.93. The summed E-state index contributed by atoms with van der Waals surface area (Å²) in [5, 5.41) is 3.40. The molecule has 84 valence electrons. The lowest BCUT2D eigenvalue weighted by atomic mass is 9.85. The summed E-state index contributed by atoms with van der Waals surface area (Å²) in [7, 11) is 0. The summed E-state index contributed by atoms with van der Waals surface area (Å²) in [6.45, 7) is 3.04. The van der Waals surface area contributed by atoms with E-state index in [4.69, 9.17) is 4.74 Å². The lowest BCUT2D eigenvalue weighted by molar-refractivity contribution is 0.0100. The number of hydrogen-bond donors (Lipinski definition) is 1. The zero-order valence-corrected chi connectivity index (χ0v) is 9.65. The average Bonchev–Trinajstić information content (AvgIpc) is 2.21. The minimum atomic E-state index is 0. The largest absolute Gasteiger partial charge is 0.376 e. The van der Waals surface area contributed by atoms with Gasteiger partial charge in [-0.3, -0.25) is 0 Å². The maximum Gasteiger partial charge on any atom is 0.0702 e. The van der Waals surface area contributed by atoms with Crippen LogP contribution in [-0.2, 0) is 4.74 Å². The van der Waals surface area contributed by atoms with Crippen LogP contribution < -0.4 is 5.32 Å². The van der Waals surface area contributed by atoms with Gasteiger partial charge in [0.1, 0.15) is 0 Å². The van der Waals surface area contributed by atoms with Crippen LogP contribution in [0.3, 0.4) is 0 Å². The SMILES string of the molecule is C1CCC(CC2CNCCO2)CC1.Cl. The van der Waals surface area contributed by atoms with Gasteiger partial charge in [0.25, 0.3) is 0 Å². The van der Waals surface area contributed by atoms with Crippen molar-refractivity contribution in [1.82, 2.24) is 5.32 Å². The third kappa shape index (κ3) is 3.76. The van der Waals surface area contributed by atoms with Crippen LogP contribution >= 0.6 is 12.4 Å². The van der Waals surface area contributed by atoms with Gasteiger partial charge >= 0.3 is 0 Å². The molecule has 1 unspecified atom stereocenters. The molecule has 1 N–H and O–H groups in total. The summed E-state index contributed by atoms with van der Waals surface area (Å²) in [5.74, 6) is 0.957. The van der Waals surface area contributed by atoms with Gasteiger partial charge in [0.15, 0.2) is 0 Å².